The Bertz CT molecular complexity index is 1180. The van der Waals surface area contributed by atoms with Gasteiger partial charge in [-0.15, -0.1) is 0 Å². The van der Waals surface area contributed by atoms with Crippen molar-refractivity contribution in [2.24, 2.45) is 0 Å². The molecule has 10 heteroatoms. The Kier molecular flexibility index (Phi) is 8.84. The maximum atomic E-state index is 13.6. The fourth-order valence-electron chi connectivity index (χ4n) is 3.74. The highest BCUT2D eigenvalue weighted by Crippen LogP contribution is 2.34. The zero-order valence-corrected chi connectivity index (χ0v) is 22.3. The average molecular weight is 518 g/mol. The smallest absolute Gasteiger partial charge is 0.244 e. The summed E-state index contributed by atoms with van der Waals surface area (Å²) in [7, 11) is -3.83. The standard InChI is InChI=1S/C26H35N3O6S/c1-6-19(3)27-26(31)20(4)28(16-21-9-7-18(2)8-10-21)25(30)17-29(36(5,32)33)22-11-12-23-24(15-22)35-14-13-34-23/h7-12,15,19-20H,6,13-14,16-17H2,1-5H3,(H,27,31)/t19-,20-/m1/s1. The number of anilines is 1. The zero-order valence-electron chi connectivity index (χ0n) is 21.5. The summed E-state index contributed by atoms with van der Waals surface area (Å²) in [5.41, 5.74) is 2.19. The monoisotopic (exact) mass is 517 g/mol. The van der Waals surface area contributed by atoms with Gasteiger partial charge in [-0.05, 0) is 44.9 Å². The number of fused-ring (bicyclic) bond motifs is 1. The third-order valence-corrected chi connectivity index (χ3v) is 7.28. The van der Waals surface area contributed by atoms with Crippen LogP contribution in [0, 0.1) is 6.92 Å². The van der Waals surface area contributed by atoms with E-state index in [0.29, 0.717) is 24.7 Å². The van der Waals surface area contributed by atoms with E-state index in [9.17, 15) is 18.0 Å². The van der Waals surface area contributed by atoms with Gasteiger partial charge in [0.25, 0.3) is 0 Å². The summed E-state index contributed by atoms with van der Waals surface area (Å²) in [5.74, 6) is 0.136. The Hall–Kier alpha value is -3.27. The molecule has 2 atom stereocenters. The Labute approximate surface area is 213 Å². The fourth-order valence-corrected chi connectivity index (χ4v) is 4.58. The summed E-state index contributed by atoms with van der Waals surface area (Å²) in [6.07, 6.45) is 1.79. The zero-order chi connectivity index (χ0) is 26.5. The number of aryl methyl sites for hydroxylation is 1. The van der Waals surface area contributed by atoms with Gasteiger partial charge in [-0.2, -0.15) is 0 Å². The number of nitrogens with zero attached hydrogens (tertiary/aromatic N) is 2. The number of carbonyl (C=O) groups is 2. The van der Waals surface area contributed by atoms with Crippen LogP contribution < -0.4 is 19.1 Å². The molecule has 1 heterocycles. The molecule has 0 unspecified atom stereocenters. The van der Waals surface area contributed by atoms with Crippen molar-refractivity contribution in [3.05, 3.63) is 53.6 Å². The van der Waals surface area contributed by atoms with Gasteiger partial charge in [0.15, 0.2) is 11.5 Å². The normalized spacial score (nSPS) is 14.5. The van der Waals surface area contributed by atoms with E-state index in [-0.39, 0.29) is 24.2 Å². The minimum absolute atomic E-state index is 0.0542. The van der Waals surface area contributed by atoms with Gasteiger partial charge in [0.05, 0.1) is 11.9 Å². The van der Waals surface area contributed by atoms with Gasteiger partial charge in [-0.3, -0.25) is 13.9 Å². The van der Waals surface area contributed by atoms with Crippen molar-refractivity contribution in [3.63, 3.8) is 0 Å². The van der Waals surface area contributed by atoms with Gasteiger partial charge in [0, 0.05) is 18.7 Å². The second-order valence-corrected chi connectivity index (χ2v) is 11.0. The first-order valence-electron chi connectivity index (χ1n) is 12.0. The van der Waals surface area contributed by atoms with Crippen LogP contribution in [-0.2, 0) is 26.2 Å². The van der Waals surface area contributed by atoms with Crippen molar-refractivity contribution in [3.8, 4) is 11.5 Å². The molecule has 3 rings (SSSR count). The molecule has 2 amide bonds. The van der Waals surface area contributed by atoms with E-state index in [1.165, 1.54) is 4.90 Å². The quantitative estimate of drug-likeness (QED) is 0.520. The van der Waals surface area contributed by atoms with E-state index in [2.05, 4.69) is 5.32 Å². The fraction of sp³-hybridized carbons (Fsp3) is 0.462. The second kappa shape index (κ2) is 11.6. The van der Waals surface area contributed by atoms with Crippen molar-refractivity contribution < 1.29 is 27.5 Å². The van der Waals surface area contributed by atoms with Gasteiger partial charge in [0.1, 0.15) is 25.8 Å². The Morgan fingerprint density at radius 3 is 2.28 bits per heavy atom. The lowest BCUT2D eigenvalue weighted by molar-refractivity contribution is -0.139. The summed E-state index contributed by atoms with van der Waals surface area (Å²) < 4.78 is 37.6. The lowest BCUT2D eigenvalue weighted by Crippen LogP contribution is -2.52. The van der Waals surface area contributed by atoms with Crippen LogP contribution in [-0.4, -0.2) is 63.2 Å². The van der Waals surface area contributed by atoms with E-state index in [0.717, 1.165) is 28.1 Å². The number of carbonyl (C=O) groups excluding carboxylic acids is 2. The SMILES string of the molecule is CC[C@@H](C)NC(=O)[C@@H](C)N(Cc1ccc(C)cc1)C(=O)CN(c1ccc2c(c1)OCCO2)S(C)(=O)=O. The summed E-state index contributed by atoms with van der Waals surface area (Å²) in [5, 5.41) is 2.91. The van der Waals surface area contributed by atoms with E-state index in [1.54, 1.807) is 25.1 Å². The van der Waals surface area contributed by atoms with Gasteiger partial charge in [0.2, 0.25) is 21.8 Å². The topological polar surface area (TPSA) is 105 Å². The van der Waals surface area contributed by atoms with Gasteiger partial charge < -0.3 is 19.7 Å². The predicted molar refractivity (Wildman–Crippen MR) is 139 cm³/mol. The molecule has 0 bridgehead atoms. The largest absolute Gasteiger partial charge is 0.486 e. The molecule has 0 spiro atoms. The van der Waals surface area contributed by atoms with E-state index >= 15 is 0 Å². The number of nitrogens with one attached hydrogen (secondary N) is 1. The molecule has 0 aliphatic carbocycles. The van der Waals surface area contributed by atoms with Crippen molar-refractivity contribution >= 4 is 27.5 Å². The highest BCUT2D eigenvalue weighted by atomic mass is 32.2. The molecule has 196 valence electrons. The first kappa shape index (κ1) is 27.3. The molecule has 2 aromatic carbocycles. The minimum Gasteiger partial charge on any atom is -0.486 e. The maximum absolute atomic E-state index is 13.6. The Balaban J connectivity index is 1.91. The molecule has 0 aromatic heterocycles. The molecular weight excluding hydrogens is 482 g/mol. The Morgan fingerprint density at radius 1 is 1.03 bits per heavy atom. The second-order valence-electron chi connectivity index (χ2n) is 9.10. The Morgan fingerprint density at radius 2 is 1.67 bits per heavy atom. The predicted octanol–water partition coefficient (Wildman–Crippen LogP) is 2.86. The summed E-state index contributed by atoms with van der Waals surface area (Å²) >= 11 is 0. The highest BCUT2D eigenvalue weighted by Gasteiger charge is 2.31. The van der Waals surface area contributed by atoms with E-state index in [4.69, 9.17) is 9.47 Å². The lowest BCUT2D eigenvalue weighted by atomic mass is 10.1. The van der Waals surface area contributed by atoms with Crippen molar-refractivity contribution in [2.45, 2.75) is 52.7 Å². The van der Waals surface area contributed by atoms with Crippen molar-refractivity contribution in [2.75, 3.05) is 30.3 Å². The average Bonchev–Trinajstić information content (AvgIpc) is 2.85. The summed E-state index contributed by atoms with van der Waals surface area (Å²) in [6.45, 7) is 7.92. The third-order valence-electron chi connectivity index (χ3n) is 6.13. The minimum atomic E-state index is -3.83. The summed E-state index contributed by atoms with van der Waals surface area (Å²) in [6, 6.07) is 11.5. The number of sulfonamides is 1. The van der Waals surface area contributed by atoms with Gasteiger partial charge in [-0.25, -0.2) is 8.42 Å². The number of amides is 2. The highest BCUT2D eigenvalue weighted by molar-refractivity contribution is 7.92. The first-order chi connectivity index (χ1) is 17.0. The molecule has 2 aromatic rings. The number of ether oxygens (including phenoxy) is 2. The molecule has 0 radical (unpaired) electrons. The number of benzene rings is 2. The van der Waals surface area contributed by atoms with Crippen LogP contribution in [0.1, 0.15) is 38.3 Å². The van der Waals surface area contributed by atoms with Crippen LogP contribution in [0.2, 0.25) is 0 Å². The molecule has 9 nitrogen and oxygen atoms in total. The van der Waals surface area contributed by atoms with Crippen molar-refractivity contribution in [1.29, 1.82) is 0 Å². The van der Waals surface area contributed by atoms with Crippen LogP contribution in [0.5, 0.6) is 11.5 Å². The molecule has 1 aliphatic heterocycles. The molecule has 1 aliphatic rings. The van der Waals surface area contributed by atoms with Crippen molar-refractivity contribution in [1.82, 2.24) is 10.2 Å². The number of hydrogen-bond acceptors (Lipinski definition) is 6. The number of hydrogen-bond donors (Lipinski definition) is 1. The van der Waals surface area contributed by atoms with Gasteiger partial charge in [-0.1, -0.05) is 36.8 Å². The number of rotatable bonds is 10. The lowest BCUT2D eigenvalue weighted by Gasteiger charge is -2.32. The van der Waals surface area contributed by atoms with Gasteiger partial charge >= 0.3 is 0 Å². The van der Waals surface area contributed by atoms with Crippen LogP contribution in [0.3, 0.4) is 0 Å². The molecular formula is C26H35N3O6S. The molecule has 0 saturated carbocycles. The molecule has 36 heavy (non-hydrogen) atoms. The van der Waals surface area contributed by atoms with E-state index in [1.807, 2.05) is 45.0 Å². The van der Waals surface area contributed by atoms with E-state index < -0.39 is 28.5 Å². The maximum Gasteiger partial charge on any atom is 0.244 e. The molecule has 1 N–H and O–H groups in total. The molecule has 0 fully saturated rings. The molecule has 0 saturated heterocycles. The van der Waals surface area contributed by atoms with Crippen LogP contribution in [0.25, 0.3) is 0 Å². The van der Waals surface area contributed by atoms with Crippen LogP contribution in [0.4, 0.5) is 5.69 Å². The first-order valence-corrected chi connectivity index (χ1v) is 13.9. The van der Waals surface area contributed by atoms with Crippen LogP contribution in [0.15, 0.2) is 42.5 Å². The third kappa shape index (κ3) is 6.90. The summed E-state index contributed by atoms with van der Waals surface area (Å²) in [4.78, 5) is 28.0. The van der Waals surface area contributed by atoms with Crippen LogP contribution >= 0.6 is 0 Å².